The minimum absolute atomic E-state index is 0.112. The summed E-state index contributed by atoms with van der Waals surface area (Å²) in [6.45, 7) is 5.94. The summed E-state index contributed by atoms with van der Waals surface area (Å²) >= 11 is 1.01. The van der Waals surface area contributed by atoms with Crippen molar-refractivity contribution in [1.82, 2.24) is 20.8 Å². The van der Waals surface area contributed by atoms with Gasteiger partial charge in [-0.25, -0.2) is 0 Å². The predicted molar refractivity (Wildman–Crippen MR) is 69.2 cm³/mol. The van der Waals surface area contributed by atoms with E-state index < -0.39 is 0 Å². The van der Waals surface area contributed by atoms with E-state index in [9.17, 15) is 9.59 Å². The van der Waals surface area contributed by atoms with E-state index in [1.807, 2.05) is 20.8 Å². The van der Waals surface area contributed by atoms with Crippen LogP contribution in [0.25, 0.3) is 0 Å². The van der Waals surface area contributed by atoms with E-state index in [0.717, 1.165) is 11.3 Å². The molecule has 0 aromatic carbocycles. The molecule has 7 nitrogen and oxygen atoms in total. The molecule has 8 heteroatoms. The molecule has 0 unspecified atom stereocenters. The second kappa shape index (κ2) is 5.76. The Hall–Kier alpha value is -1.70. The van der Waals surface area contributed by atoms with Crippen molar-refractivity contribution in [2.75, 3.05) is 12.3 Å². The molecule has 0 spiro atoms. The van der Waals surface area contributed by atoms with Crippen LogP contribution >= 0.6 is 11.3 Å². The molecule has 100 valence electrons. The summed E-state index contributed by atoms with van der Waals surface area (Å²) in [7, 11) is 0. The van der Waals surface area contributed by atoms with Gasteiger partial charge in [0.15, 0.2) is 0 Å². The maximum Gasteiger partial charge on any atom is 0.282 e. The van der Waals surface area contributed by atoms with E-state index in [1.54, 1.807) is 0 Å². The quantitative estimate of drug-likeness (QED) is 0.722. The molecule has 0 aliphatic rings. The molecule has 0 radical (unpaired) electrons. The second-order valence-corrected chi connectivity index (χ2v) is 5.76. The van der Waals surface area contributed by atoms with Crippen molar-refractivity contribution in [1.29, 1.82) is 0 Å². The highest BCUT2D eigenvalue weighted by Crippen LogP contribution is 2.10. The maximum atomic E-state index is 11.5. The van der Waals surface area contributed by atoms with E-state index in [2.05, 4.69) is 20.8 Å². The minimum atomic E-state index is -0.368. The lowest BCUT2D eigenvalue weighted by Gasteiger charge is -2.20. The summed E-state index contributed by atoms with van der Waals surface area (Å²) in [6, 6.07) is 0. The summed E-state index contributed by atoms with van der Waals surface area (Å²) in [5.41, 5.74) is 5.09. The number of carbonyl (C=O) groups excluding carboxylic acids is 2. The normalized spacial score (nSPS) is 11.1. The van der Waals surface area contributed by atoms with E-state index in [4.69, 9.17) is 5.73 Å². The third-order valence-corrected chi connectivity index (χ3v) is 2.54. The third kappa shape index (κ3) is 5.09. The fourth-order valence-electron chi connectivity index (χ4n) is 1.17. The highest BCUT2D eigenvalue weighted by molar-refractivity contribution is 7.16. The number of rotatable bonds is 4. The van der Waals surface area contributed by atoms with Crippen LogP contribution in [0.3, 0.4) is 0 Å². The number of nitrogens with zero attached hydrogens (tertiary/aromatic N) is 2. The van der Waals surface area contributed by atoms with Crippen molar-refractivity contribution in [3.05, 3.63) is 5.01 Å². The molecular formula is C10H17N5O2S. The summed E-state index contributed by atoms with van der Waals surface area (Å²) in [5.74, 6) is -0.479. The average molecular weight is 271 g/mol. The van der Waals surface area contributed by atoms with E-state index in [-0.39, 0.29) is 40.5 Å². The van der Waals surface area contributed by atoms with Crippen LogP contribution in [0.4, 0.5) is 5.13 Å². The molecule has 1 rings (SSSR count). The Morgan fingerprint density at radius 3 is 2.50 bits per heavy atom. The van der Waals surface area contributed by atoms with Crippen LogP contribution in [0.1, 0.15) is 37.0 Å². The molecule has 0 aliphatic heterocycles. The highest BCUT2D eigenvalue weighted by atomic mass is 32.1. The lowest BCUT2D eigenvalue weighted by atomic mass is 10.1. The third-order valence-electron chi connectivity index (χ3n) is 1.79. The maximum absolute atomic E-state index is 11.5. The fourth-order valence-corrected chi connectivity index (χ4v) is 1.70. The molecule has 0 saturated carbocycles. The fraction of sp³-hybridized carbons (Fsp3) is 0.600. The first-order chi connectivity index (χ1) is 8.28. The van der Waals surface area contributed by atoms with Gasteiger partial charge in [0.25, 0.3) is 5.91 Å². The second-order valence-electron chi connectivity index (χ2n) is 4.75. The van der Waals surface area contributed by atoms with Crippen molar-refractivity contribution in [2.45, 2.75) is 32.7 Å². The van der Waals surface area contributed by atoms with Gasteiger partial charge in [-0.15, -0.1) is 10.2 Å². The van der Waals surface area contributed by atoms with Gasteiger partial charge in [-0.1, -0.05) is 11.3 Å². The molecular weight excluding hydrogens is 254 g/mol. The Bertz CT molecular complexity index is 438. The van der Waals surface area contributed by atoms with Crippen LogP contribution in [0, 0.1) is 0 Å². The molecule has 0 fully saturated rings. The Balaban J connectivity index is 2.30. The van der Waals surface area contributed by atoms with Gasteiger partial charge < -0.3 is 16.4 Å². The van der Waals surface area contributed by atoms with Crippen molar-refractivity contribution in [2.24, 2.45) is 0 Å². The molecule has 0 bridgehead atoms. The van der Waals surface area contributed by atoms with Crippen LogP contribution in [-0.2, 0) is 4.79 Å². The molecule has 1 aromatic heterocycles. The van der Waals surface area contributed by atoms with Gasteiger partial charge in [-0.2, -0.15) is 0 Å². The number of hydrogen-bond acceptors (Lipinski definition) is 6. The molecule has 0 aliphatic carbocycles. The lowest BCUT2D eigenvalue weighted by molar-refractivity contribution is -0.122. The number of nitrogen functional groups attached to an aromatic ring is 1. The van der Waals surface area contributed by atoms with Gasteiger partial charge >= 0.3 is 0 Å². The van der Waals surface area contributed by atoms with Gasteiger partial charge in [-0.05, 0) is 20.8 Å². The van der Waals surface area contributed by atoms with E-state index >= 15 is 0 Å². The van der Waals surface area contributed by atoms with Crippen LogP contribution in [-0.4, -0.2) is 34.1 Å². The summed E-state index contributed by atoms with van der Waals surface area (Å²) < 4.78 is 0. The first-order valence-corrected chi connectivity index (χ1v) is 6.28. The SMILES string of the molecule is CC(C)(C)NC(=O)CCNC(=O)c1nnc(N)s1. The van der Waals surface area contributed by atoms with Crippen molar-refractivity contribution in [3.8, 4) is 0 Å². The summed E-state index contributed by atoms with van der Waals surface area (Å²) in [4.78, 5) is 23.0. The molecule has 18 heavy (non-hydrogen) atoms. The van der Waals surface area contributed by atoms with E-state index in [1.165, 1.54) is 0 Å². The van der Waals surface area contributed by atoms with Crippen LogP contribution in [0.2, 0.25) is 0 Å². The van der Waals surface area contributed by atoms with Gasteiger partial charge in [0.1, 0.15) is 0 Å². The Morgan fingerprint density at radius 2 is 2.00 bits per heavy atom. The van der Waals surface area contributed by atoms with E-state index in [0.29, 0.717) is 0 Å². The number of amides is 2. The molecule has 0 saturated heterocycles. The predicted octanol–water partition coefficient (Wildman–Crippen LogP) is 0.155. The molecule has 0 atom stereocenters. The van der Waals surface area contributed by atoms with Crippen molar-refractivity contribution < 1.29 is 9.59 Å². The zero-order valence-corrected chi connectivity index (χ0v) is 11.4. The Morgan fingerprint density at radius 1 is 1.33 bits per heavy atom. The van der Waals surface area contributed by atoms with Gasteiger partial charge in [-0.3, -0.25) is 9.59 Å². The summed E-state index contributed by atoms with van der Waals surface area (Å²) in [5, 5.41) is 13.0. The number of hydrogen-bond donors (Lipinski definition) is 3. The lowest BCUT2D eigenvalue weighted by Crippen LogP contribution is -2.41. The molecule has 4 N–H and O–H groups in total. The van der Waals surface area contributed by atoms with Gasteiger partial charge in [0, 0.05) is 18.5 Å². The zero-order chi connectivity index (χ0) is 13.8. The first kappa shape index (κ1) is 14.4. The van der Waals surface area contributed by atoms with Gasteiger partial charge in [0.2, 0.25) is 16.0 Å². The molecule has 1 aromatic rings. The van der Waals surface area contributed by atoms with Gasteiger partial charge in [0.05, 0.1) is 0 Å². The monoisotopic (exact) mass is 271 g/mol. The smallest absolute Gasteiger partial charge is 0.282 e. The first-order valence-electron chi connectivity index (χ1n) is 5.46. The van der Waals surface area contributed by atoms with Crippen molar-refractivity contribution >= 4 is 28.3 Å². The van der Waals surface area contributed by atoms with Crippen LogP contribution in [0.5, 0.6) is 0 Å². The number of nitrogens with two attached hydrogens (primary N) is 1. The number of aromatic nitrogens is 2. The topological polar surface area (TPSA) is 110 Å². The Labute approximate surface area is 109 Å². The standard InChI is InChI=1S/C10H17N5O2S/c1-10(2,3)13-6(16)4-5-12-7(17)8-14-15-9(11)18-8/h4-5H2,1-3H3,(H2,11,15)(H,12,17)(H,13,16). The summed E-state index contributed by atoms with van der Waals surface area (Å²) in [6.07, 6.45) is 0.220. The van der Waals surface area contributed by atoms with Crippen LogP contribution < -0.4 is 16.4 Å². The molecule has 2 amide bonds. The number of carbonyl (C=O) groups is 2. The average Bonchev–Trinajstić information content (AvgIpc) is 2.62. The minimum Gasteiger partial charge on any atom is -0.374 e. The number of nitrogens with one attached hydrogen (secondary N) is 2. The number of anilines is 1. The largest absolute Gasteiger partial charge is 0.374 e. The molecule has 1 heterocycles. The van der Waals surface area contributed by atoms with Crippen molar-refractivity contribution in [3.63, 3.8) is 0 Å². The van der Waals surface area contributed by atoms with Crippen LogP contribution in [0.15, 0.2) is 0 Å². The Kier molecular flexibility index (Phi) is 4.60. The highest BCUT2D eigenvalue weighted by Gasteiger charge is 2.15. The zero-order valence-electron chi connectivity index (χ0n) is 10.6.